The lowest BCUT2D eigenvalue weighted by atomic mass is 10.1. The first kappa shape index (κ1) is 12.2. The Morgan fingerprint density at radius 3 is 2.88 bits per heavy atom. The standard InChI is InChI=1S/C13H16N2OS/c1-10-8-11(9-17(16)7-6-14)12-4-2-3-5-13(12)15-10/h2-5,8H,6-7,9,14H2,1H3. The molecule has 1 heterocycles. The van der Waals surface area contributed by atoms with E-state index in [0.717, 1.165) is 22.2 Å². The van der Waals surface area contributed by atoms with Gasteiger partial charge in [-0.25, -0.2) is 0 Å². The van der Waals surface area contributed by atoms with Crippen molar-refractivity contribution in [1.82, 2.24) is 4.98 Å². The molecular weight excluding hydrogens is 232 g/mol. The van der Waals surface area contributed by atoms with Gasteiger partial charge in [-0.1, -0.05) is 18.2 Å². The van der Waals surface area contributed by atoms with Gasteiger partial charge >= 0.3 is 0 Å². The molecule has 17 heavy (non-hydrogen) atoms. The molecule has 0 aliphatic heterocycles. The van der Waals surface area contributed by atoms with Gasteiger partial charge in [0.25, 0.3) is 0 Å². The van der Waals surface area contributed by atoms with Crippen molar-refractivity contribution >= 4 is 21.7 Å². The summed E-state index contributed by atoms with van der Waals surface area (Å²) < 4.78 is 11.8. The number of aryl methyl sites for hydroxylation is 1. The number of benzene rings is 1. The Balaban J connectivity index is 2.42. The molecule has 3 nitrogen and oxygen atoms in total. The second-order valence-corrected chi connectivity index (χ2v) is 5.59. The molecule has 0 bridgehead atoms. The zero-order valence-electron chi connectivity index (χ0n) is 9.85. The third-order valence-corrected chi connectivity index (χ3v) is 3.92. The number of nitrogens with zero attached hydrogens (tertiary/aromatic N) is 1. The lowest BCUT2D eigenvalue weighted by Crippen LogP contribution is -2.11. The average Bonchev–Trinajstić information content (AvgIpc) is 2.29. The maximum atomic E-state index is 11.8. The molecule has 0 saturated heterocycles. The first-order chi connectivity index (χ1) is 8.20. The molecule has 0 amide bonds. The number of nitrogens with two attached hydrogens (primary N) is 1. The summed E-state index contributed by atoms with van der Waals surface area (Å²) in [5.74, 6) is 1.11. The average molecular weight is 248 g/mol. The summed E-state index contributed by atoms with van der Waals surface area (Å²) in [7, 11) is -0.888. The fourth-order valence-electron chi connectivity index (χ4n) is 1.89. The van der Waals surface area contributed by atoms with Crippen molar-refractivity contribution in [3.63, 3.8) is 0 Å². The number of aromatic nitrogens is 1. The van der Waals surface area contributed by atoms with Gasteiger partial charge in [-0.3, -0.25) is 9.19 Å². The van der Waals surface area contributed by atoms with E-state index in [1.54, 1.807) is 0 Å². The quantitative estimate of drug-likeness (QED) is 0.897. The molecule has 4 heteroatoms. The zero-order chi connectivity index (χ0) is 12.3. The first-order valence-corrected chi connectivity index (χ1v) is 7.10. The van der Waals surface area contributed by atoms with E-state index in [9.17, 15) is 4.21 Å². The van der Waals surface area contributed by atoms with Crippen LogP contribution in [-0.4, -0.2) is 21.5 Å². The van der Waals surface area contributed by atoms with Crippen LogP contribution >= 0.6 is 0 Å². The van der Waals surface area contributed by atoms with Gasteiger partial charge in [0.05, 0.1) is 5.52 Å². The number of hydrogen-bond donors (Lipinski definition) is 1. The van der Waals surface area contributed by atoms with Crippen molar-refractivity contribution in [3.8, 4) is 0 Å². The molecule has 2 rings (SSSR count). The van der Waals surface area contributed by atoms with Crippen LogP contribution in [0.1, 0.15) is 11.3 Å². The second kappa shape index (κ2) is 5.38. The van der Waals surface area contributed by atoms with E-state index < -0.39 is 10.8 Å². The van der Waals surface area contributed by atoms with Crippen LogP contribution in [0, 0.1) is 6.92 Å². The Morgan fingerprint density at radius 2 is 2.12 bits per heavy atom. The van der Waals surface area contributed by atoms with Crippen LogP contribution in [0.2, 0.25) is 0 Å². The molecule has 0 radical (unpaired) electrons. The van der Waals surface area contributed by atoms with E-state index in [1.165, 1.54) is 0 Å². The maximum Gasteiger partial charge on any atom is 0.0708 e. The predicted molar refractivity (Wildman–Crippen MR) is 72.2 cm³/mol. The molecule has 0 spiro atoms. The third kappa shape index (κ3) is 2.90. The molecule has 0 aliphatic carbocycles. The van der Waals surface area contributed by atoms with E-state index in [1.807, 2.05) is 37.3 Å². The highest BCUT2D eigenvalue weighted by Crippen LogP contribution is 2.19. The highest BCUT2D eigenvalue weighted by molar-refractivity contribution is 7.84. The number of hydrogen-bond acceptors (Lipinski definition) is 3. The summed E-state index contributed by atoms with van der Waals surface area (Å²) in [5.41, 5.74) is 8.44. The van der Waals surface area contributed by atoms with Crippen LogP contribution in [0.25, 0.3) is 10.9 Å². The molecule has 1 aromatic carbocycles. The van der Waals surface area contributed by atoms with Gasteiger partial charge in [0, 0.05) is 39.9 Å². The normalized spacial score (nSPS) is 12.8. The largest absolute Gasteiger partial charge is 0.330 e. The van der Waals surface area contributed by atoms with E-state index in [4.69, 9.17) is 5.73 Å². The zero-order valence-corrected chi connectivity index (χ0v) is 10.7. The molecule has 2 N–H and O–H groups in total. The monoisotopic (exact) mass is 248 g/mol. The number of para-hydroxylation sites is 1. The Bertz CT molecular complexity index is 554. The van der Waals surface area contributed by atoms with Crippen LogP contribution in [0.4, 0.5) is 0 Å². The number of rotatable bonds is 4. The van der Waals surface area contributed by atoms with Crippen molar-refractivity contribution in [2.24, 2.45) is 5.73 Å². The Kier molecular flexibility index (Phi) is 3.86. The number of fused-ring (bicyclic) bond motifs is 1. The van der Waals surface area contributed by atoms with E-state index in [2.05, 4.69) is 4.98 Å². The third-order valence-electron chi connectivity index (χ3n) is 2.59. The van der Waals surface area contributed by atoms with Crippen LogP contribution in [0.5, 0.6) is 0 Å². The molecule has 2 aromatic rings. The van der Waals surface area contributed by atoms with Crippen LogP contribution in [0.15, 0.2) is 30.3 Å². The Hall–Kier alpha value is -1.26. The summed E-state index contributed by atoms with van der Waals surface area (Å²) in [5, 5.41) is 1.09. The van der Waals surface area contributed by atoms with Gasteiger partial charge in [-0.15, -0.1) is 0 Å². The van der Waals surface area contributed by atoms with Crippen molar-refractivity contribution in [3.05, 3.63) is 41.6 Å². The van der Waals surface area contributed by atoms with Gasteiger partial charge in [-0.2, -0.15) is 0 Å². The summed E-state index contributed by atoms with van der Waals surface area (Å²) >= 11 is 0. The van der Waals surface area contributed by atoms with Crippen molar-refractivity contribution in [2.45, 2.75) is 12.7 Å². The molecule has 0 fully saturated rings. The minimum Gasteiger partial charge on any atom is -0.330 e. The molecule has 0 saturated carbocycles. The molecule has 90 valence electrons. The van der Waals surface area contributed by atoms with Gasteiger partial charge < -0.3 is 5.73 Å². The molecule has 1 unspecified atom stereocenters. The summed E-state index contributed by atoms with van der Waals surface area (Å²) in [6.45, 7) is 2.43. The fraction of sp³-hybridized carbons (Fsp3) is 0.308. The molecule has 1 aromatic heterocycles. The smallest absolute Gasteiger partial charge is 0.0708 e. The lowest BCUT2D eigenvalue weighted by Gasteiger charge is -2.07. The summed E-state index contributed by atoms with van der Waals surface area (Å²) in [4.78, 5) is 4.47. The summed E-state index contributed by atoms with van der Waals surface area (Å²) in [6, 6.07) is 9.97. The molecule has 0 aliphatic rings. The highest BCUT2D eigenvalue weighted by atomic mass is 32.2. The molecule has 1 atom stereocenters. The van der Waals surface area contributed by atoms with Gasteiger partial charge in [-0.05, 0) is 24.6 Å². The Morgan fingerprint density at radius 1 is 1.35 bits per heavy atom. The van der Waals surface area contributed by atoms with Crippen LogP contribution < -0.4 is 5.73 Å². The van der Waals surface area contributed by atoms with Crippen molar-refractivity contribution < 1.29 is 4.21 Å². The maximum absolute atomic E-state index is 11.8. The summed E-state index contributed by atoms with van der Waals surface area (Å²) in [6.07, 6.45) is 0. The van der Waals surface area contributed by atoms with Gasteiger partial charge in [0.15, 0.2) is 0 Å². The lowest BCUT2D eigenvalue weighted by molar-refractivity contribution is 0.682. The van der Waals surface area contributed by atoms with Crippen LogP contribution in [-0.2, 0) is 16.6 Å². The minimum absolute atomic E-state index is 0.467. The van der Waals surface area contributed by atoms with Gasteiger partial charge in [0.2, 0.25) is 0 Å². The topological polar surface area (TPSA) is 56.0 Å². The van der Waals surface area contributed by atoms with E-state index in [-0.39, 0.29) is 0 Å². The SMILES string of the molecule is Cc1cc(CS(=O)CCN)c2ccccc2n1. The van der Waals surface area contributed by atoms with E-state index in [0.29, 0.717) is 18.1 Å². The predicted octanol–water partition coefficient (Wildman–Crippen LogP) is 1.75. The van der Waals surface area contributed by atoms with E-state index >= 15 is 0 Å². The fourth-order valence-corrected chi connectivity index (χ4v) is 2.88. The molecular formula is C13H16N2OS. The minimum atomic E-state index is -0.888. The number of pyridine rings is 1. The van der Waals surface area contributed by atoms with Crippen molar-refractivity contribution in [1.29, 1.82) is 0 Å². The first-order valence-electron chi connectivity index (χ1n) is 5.61. The highest BCUT2D eigenvalue weighted by Gasteiger charge is 2.07. The van der Waals surface area contributed by atoms with Crippen LogP contribution in [0.3, 0.4) is 0 Å². The van der Waals surface area contributed by atoms with Crippen molar-refractivity contribution in [2.75, 3.05) is 12.3 Å². The second-order valence-electron chi connectivity index (χ2n) is 4.02. The van der Waals surface area contributed by atoms with Gasteiger partial charge in [0.1, 0.15) is 0 Å². The Labute approximate surface area is 104 Å².